The zero-order chi connectivity index (χ0) is 12.6. The number of benzene rings is 1. The van der Waals surface area contributed by atoms with Crippen LogP contribution in [0, 0.1) is 25.2 Å². The Hall–Kier alpha value is -1.24. The lowest BCUT2D eigenvalue weighted by atomic mass is 10.2. The molecule has 17 heavy (non-hydrogen) atoms. The van der Waals surface area contributed by atoms with Crippen LogP contribution in [0.2, 0.25) is 5.02 Å². The van der Waals surface area contributed by atoms with Crippen molar-refractivity contribution in [2.24, 2.45) is 0 Å². The molecule has 2 nitrogen and oxygen atoms in total. The summed E-state index contributed by atoms with van der Waals surface area (Å²) in [4.78, 5) is 0. The fourth-order valence-electron chi connectivity index (χ4n) is 1.90. The van der Waals surface area contributed by atoms with E-state index in [9.17, 15) is 0 Å². The SMILES string of the molecule is Cc1cc(C#N)c(C)n1-c1ccc(Br)c(Cl)c1. The molecule has 0 bridgehead atoms. The molecule has 0 aliphatic carbocycles. The first-order valence-corrected chi connectivity index (χ1v) is 6.26. The van der Waals surface area contributed by atoms with Crippen molar-refractivity contribution in [1.82, 2.24) is 4.57 Å². The Bertz CT molecular complexity index is 623. The quantitative estimate of drug-likeness (QED) is 0.768. The van der Waals surface area contributed by atoms with E-state index >= 15 is 0 Å². The molecule has 4 heteroatoms. The zero-order valence-electron chi connectivity index (χ0n) is 9.46. The van der Waals surface area contributed by atoms with Crippen molar-refractivity contribution in [3.8, 4) is 11.8 Å². The molecule has 0 saturated heterocycles. The Morgan fingerprint density at radius 3 is 2.53 bits per heavy atom. The minimum absolute atomic E-state index is 0.661. The van der Waals surface area contributed by atoms with Gasteiger partial charge in [0, 0.05) is 21.5 Å². The second-order valence-electron chi connectivity index (χ2n) is 3.83. The van der Waals surface area contributed by atoms with Crippen LogP contribution in [0.15, 0.2) is 28.7 Å². The molecule has 0 spiro atoms. The predicted octanol–water partition coefficient (Wildman–Crippen LogP) is 4.38. The molecule has 2 rings (SSSR count). The van der Waals surface area contributed by atoms with Crippen LogP contribution >= 0.6 is 27.5 Å². The third-order valence-electron chi connectivity index (χ3n) is 2.71. The summed E-state index contributed by atoms with van der Waals surface area (Å²) in [5, 5.41) is 9.67. The molecule has 0 amide bonds. The number of hydrogen-bond acceptors (Lipinski definition) is 1. The predicted molar refractivity (Wildman–Crippen MR) is 72.7 cm³/mol. The van der Waals surface area contributed by atoms with Gasteiger partial charge in [0.15, 0.2) is 0 Å². The number of hydrogen-bond donors (Lipinski definition) is 0. The van der Waals surface area contributed by atoms with Gasteiger partial charge in [0.05, 0.1) is 10.6 Å². The Morgan fingerprint density at radius 1 is 1.29 bits per heavy atom. The van der Waals surface area contributed by atoms with E-state index in [0.29, 0.717) is 10.6 Å². The lowest BCUT2D eigenvalue weighted by Gasteiger charge is -2.10. The highest BCUT2D eigenvalue weighted by Crippen LogP contribution is 2.27. The summed E-state index contributed by atoms with van der Waals surface area (Å²) in [6.45, 7) is 3.91. The fraction of sp³-hybridized carbons (Fsp3) is 0.154. The summed E-state index contributed by atoms with van der Waals surface area (Å²) in [5.74, 6) is 0. The van der Waals surface area contributed by atoms with Crippen LogP contribution in [0.5, 0.6) is 0 Å². The minimum atomic E-state index is 0.661. The maximum atomic E-state index is 9.00. The topological polar surface area (TPSA) is 28.7 Å². The van der Waals surface area contributed by atoms with E-state index in [0.717, 1.165) is 21.5 Å². The van der Waals surface area contributed by atoms with Gasteiger partial charge in [0.2, 0.25) is 0 Å². The number of aryl methyl sites for hydroxylation is 1. The Kier molecular flexibility index (Phi) is 3.28. The van der Waals surface area contributed by atoms with Gasteiger partial charge in [-0.1, -0.05) is 11.6 Å². The van der Waals surface area contributed by atoms with Crippen LogP contribution in [0.1, 0.15) is 17.0 Å². The van der Waals surface area contributed by atoms with Crippen molar-refractivity contribution in [3.05, 3.63) is 50.7 Å². The standard InChI is InChI=1S/C13H10BrClN2/c1-8-5-10(7-16)9(2)17(8)11-3-4-12(14)13(15)6-11/h3-6H,1-2H3. The molecule has 0 atom stereocenters. The van der Waals surface area contributed by atoms with Gasteiger partial charge in [-0.25, -0.2) is 0 Å². The second kappa shape index (κ2) is 4.56. The fourth-order valence-corrected chi connectivity index (χ4v) is 2.32. The van der Waals surface area contributed by atoms with Crippen LogP contribution in [-0.2, 0) is 0 Å². The van der Waals surface area contributed by atoms with Gasteiger partial charge in [-0.3, -0.25) is 0 Å². The highest BCUT2D eigenvalue weighted by Gasteiger charge is 2.10. The number of nitriles is 1. The van der Waals surface area contributed by atoms with Crippen LogP contribution in [-0.4, -0.2) is 4.57 Å². The normalized spacial score (nSPS) is 10.3. The molecule has 0 aliphatic rings. The Morgan fingerprint density at radius 2 is 2.00 bits per heavy atom. The molecular weight excluding hydrogens is 300 g/mol. The van der Waals surface area contributed by atoms with Gasteiger partial charge in [-0.2, -0.15) is 5.26 Å². The Balaban J connectivity index is 2.65. The summed E-state index contributed by atoms with van der Waals surface area (Å²) in [6, 6.07) is 9.83. The minimum Gasteiger partial charge on any atom is -0.317 e. The number of rotatable bonds is 1. The molecule has 86 valence electrons. The average Bonchev–Trinajstić information content (AvgIpc) is 2.58. The second-order valence-corrected chi connectivity index (χ2v) is 5.09. The molecule has 0 fully saturated rings. The van der Waals surface area contributed by atoms with E-state index in [1.165, 1.54) is 0 Å². The monoisotopic (exact) mass is 308 g/mol. The molecule has 1 aromatic carbocycles. The molecular formula is C13H10BrClN2. The smallest absolute Gasteiger partial charge is 0.101 e. The van der Waals surface area contributed by atoms with Gasteiger partial charge in [-0.05, 0) is 54.0 Å². The van der Waals surface area contributed by atoms with Crippen LogP contribution < -0.4 is 0 Å². The summed E-state index contributed by atoms with van der Waals surface area (Å²) >= 11 is 9.45. The first-order valence-electron chi connectivity index (χ1n) is 5.09. The third-order valence-corrected chi connectivity index (χ3v) is 3.95. The van der Waals surface area contributed by atoms with Crippen molar-refractivity contribution in [1.29, 1.82) is 5.26 Å². The number of aromatic nitrogens is 1. The van der Waals surface area contributed by atoms with E-state index in [-0.39, 0.29) is 0 Å². The summed E-state index contributed by atoms with van der Waals surface area (Å²) in [7, 11) is 0. The average molecular weight is 310 g/mol. The van der Waals surface area contributed by atoms with E-state index in [1.54, 1.807) is 0 Å². The molecule has 1 heterocycles. The highest BCUT2D eigenvalue weighted by atomic mass is 79.9. The van der Waals surface area contributed by atoms with E-state index in [1.807, 2.05) is 42.7 Å². The first kappa shape index (κ1) is 12.2. The van der Waals surface area contributed by atoms with Crippen molar-refractivity contribution in [2.75, 3.05) is 0 Å². The van der Waals surface area contributed by atoms with Gasteiger partial charge in [-0.15, -0.1) is 0 Å². The molecule has 0 aliphatic heterocycles. The molecule has 0 unspecified atom stereocenters. The molecule has 0 N–H and O–H groups in total. The maximum absolute atomic E-state index is 9.00. The van der Waals surface area contributed by atoms with Crippen molar-refractivity contribution < 1.29 is 0 Å². The third kappa shape index (κ3) is 2.11. The summed E-state index contributed by atoms with van der Waals surface area (Å²) in [6.07, 6.45) is 0. The lowest BCUT2D eigenvalue weighted by molar-refractivity contribution is 0.963. The lowest BCUT2D eigenvalue weighted by Crippen LogP contribution is -1.99. The van der Waals surface area contributed by atoms with Crippen LogP contribution in [0.4, 0.5) is 0 Å². The largest absolute Gasteiger partial charge is 0.317 e. The number of nitrogens with zero attached hydrogens (tertiary/aromatic N) is 2. The summed E-state index contributed by atoms with van der Waals surface area (Å²) < 4.78 is 2.89. The zero-order valence-corrected chi connectivity index (χ0v) is 11.8. The van der Waals surface area contributed by atoms with Gasteiger partial charge in [0.1, 0.15) is 6.07 Å². The van der Waals surface area contributed by atoms with E-state index in [4.69, 9.17) is 16.9 Å². The van der Waals surface area contributed by atoms with Gasteiger partial charge in [0.25, 0.3) is 0 Å². The molecule has 2 aromatic rings. The van der Waals surface area contributed by atoms with Crippen LogP contribution in [0.3, 0.4) is 0 Å². The van der Waals surface area contributed by atoms with Gasteiger partial charge < -0.3 is 4.57 Å². The Labute approximate surface area is 114 Å². The van der Waals surface area contributed by atoms with Crippen LogP contribution in [0.25, 0.3) is 5.69 Å². The van der Waals surface area contributed by atoms with Crippen molar-refractivity contribution in [2.45, 2.75) is 13.8 Å². The van der Waals surface area contributed by atoms with Gasteiger partial charge >= 0.3 is 0 Å². The first-order chi connectivity index (χ1) is 8.04. The molecule has 1 aromatic heterocycles. The van der Waals surface area contributed by atoms with Crippen molar-refractivity contribution >= 4 is 27.5 Å². The molecule has 0 saturated carbocycles. The summed E-state index contributed by atoms with van der Waals surface area (Å²) in [5.41, 5.74) is 3.62. The maximum Gasteiger partial charge on any atom is 0.101 e. The number of halogens is 2. The molecule has 0 radical (unpaired) electrons. The van der Waals surface area contributed by atoms with Crippen molar-refractivity contribution in [3.63, 3.8) is 0 Å². The van der Waals surface area contributed by atoms with E-state index in [2.05, 4.69) is 22.0 Å². The highest BCUT2D eigenvalue weighted by molar-refractivity contribution is 9.10. The van der Waals surface area contributed by atoms with E-state index < -0.39 is 0 Å².